The summed E-state index contributed by atoms with van der Waals surface area (Å²) in [4.78, 5) is 17.7. The van der Waals surface area contributed by atoms with Crippen molar-refractivity contribution < 1.29 is 0 Å². The monoisotopic (exact) mass is 384 g/mol. The molecular formula is C19H24N6OS. The minimum absolute atomic E-state index is 0.0679. The Morgan fingerprint density at radius 2 is 1.89 bits per heavy atom. The van der Waals surface area contributed by atoms with Gasteiger partial charge in [0.1, 0.15) is 0 Å². The average Bonchev–Trinajstić information content (AvgIpc) is 3.02. The summed E-state index contributed by atoms with van der Waals surface area (Å²) in [6, 6.07) is 7.54. The third-order valence-electron chi connectivity index (χ3n) is 5.24. The molecule has 1 aromatic carbocycles. The lowest BCUT2D eigenvalue weighted by atomic mass is 10.2. The van der Waals surface area contributed by atoms with Crippen molar-refractivity contribution in [1.82, 2.24) is 28.5 Å². The maximum absolute atomic E-state index is 12.9. The molecule has 8 heteroatoms. The van der Waals surface area contributed by atoms with Crippen molar-refractivity contribution in [1.29, 1.82) is 0 Å². The molecule has 0 spiro atoms. The number of nitrogens with zero attached hydrogens (tertiary/aromatic N) is 6. The fourth-order valence-corrected chi connectivity index (χ4v) is 3.97. The lowest BCUT2D eigenvalue weighted by Gasteiger charge is -2.33. The van der Waals surface area contributed by atoms with Gasteiger partial charge in [0.15, 0.2) is 0 Å². The van der Waals surface area contributed by atoms with Crippen molar-refractivity contribution in [3.63, 3.8) is 0 Å². The smallest absolute Gasteiger partial charge is 0.263 e. The van der Waals surface area contributed by atoms with Crippen molar-refractivity contribution in [3.8, 4) is 0 Å². The first-order valence-electron chi connectivity index (χ1n) is 9.30. The summed E-state index contributed by atoms with van der Waals surface area (Å²) in [6.45, 7) is 12.2. The highest BCUT2D eigenvalue weighted by Crippen LogP contribution is 2.15. The van der Waals surface area contributed by atoms with Crippen molar-refractivity contribution >= 4 is 28.9 Å². The predicted molar refractivity (Wildman–Crippen MR) is 110 cm³/mol. The maximum atomic E-state index is 12.9. The van der Waals surface area contributed by atoms with E-state index in [0.717, 1.165) is 38.2 Å². The van der Waals surface area contributed by atoms with Crippen molar-refractivity contribution in [2.45, 2.75) is 20.1 Å². The molecule has 2 aromatic heterocycles. The van der Waals surface area contributed by atoms with Gasteiger partial charge in [-0.25, -0.2) is 4.68 Å². The molecule has 0 unspecified atom stereocenters. The molecule has 0 bridgehead atoms. The Bertz CT molecular complexity index is 1100. The number of rotatable bonds is 5. The Balaban J connectivity index is 1.82. The first-order valence-corrected chi connectivity index (χ1v) is 9.71. The number of piperazine rings is 1. The Hall–Kier alpha value is -2.29. The number of benzene rings is 1. The largest absolute Gasteiger partial charge is 0.301 e. The van der Waals surface area contributed by atoms with Crippen LogP contribution in [0.4, 0.5) is 0 Å². The summed E-state index contributed by atoms with van der Waals surface area (Å²) in [7, 11) is 0. The van der Waals surface area contributed by atoms with Crippen LogP contribution in [0.5, 0.6) is 0 Å². The summed E-state index contributed by atoms with van der Waals surface area (Å²) >= 11 is 5.74. The number of hydrogen-bond acceptors (Lipinski definition) is 5. The molecule has 0 amide bonds. The van der Waals surface area contributed by atoms with Gasteiger partial charge in [0.05, 0.1) is 17.6 Å². The van der Waals surface area contributed by atoms with Gasteiger partial charge in [-0.15, -0.1) is 11.7 Å². The number of fused-ring (bicyclic) bond motifs is 3. The molecule has 142 valence electrons. The third kappa shape index (κ3) is 3.13. The van der Waals surface area contributed by atoms with Crippen LogP contribution in [0.25, 0.3) is 16.7 Å². The van der Waals surface area contributed by atoms with Crippen LogP contribution >= 0.6 is 12.2 Å². The Morgan fingerprint density at radius 3 is 2.59 bits per heavy atom. The molecule has 0 atom stereocenters. The number of allylic oxidation sites excluding steroid dienone is 1. The molecule has 3 aromatic rings. The summed E-state index contributed by atoms with van der Waals surface area (Å²) < 4.78 is 5.98. The van der Waals surface area contributed by atoms with E-state index in [0.29, 0.717) is 29.1 Å². The molecule has 1 aliphatic rings. The zero-order chi connectivity index (χ0) is 19.0. The Labute approximate surface area is 162 Å². The van der Waals surface area contributed by atoms with Crippen LogP contribution in [-0.4, -0.2) is 61.3 Å². The van der Waals surface area contributed by atoms with Crippen LogP contribution in [0, 0.1) is 4.77 Å². The highest BCUT2D eigenvalue weighted by molar-refractivity contribution is 7.71. The molecule has 1 saturated heterocycles. The summed E-state index contributed by atoms with van der Waals surface area (Å²) in [6.07, 6.45) is 1.71. The molecule has 4 rings (SSSR count). The van der Waals surface area contributed by atoms with Gasteiger partial charge < -0.3 is 4.90 Å². The van der Waals surface area contributed by atoms with E-state index in [1.807, 2.05) is 33.3 Å². The number of hydrogen-bond donors (Lipinski definition) is 0. The fourth-order valence-electron chi connectivity index (χ4n) is 3.69. The predicted octanol–water partition coefficient (Wildman–Crippen LogP) is 1.96. The van der Waals surface area contributed by atoms with E-state index < -0.39 is 0 Å². The molecule has 7 nitrogen and oxygen atoms in total. The molecule has 0 saturated carbocycles. The molecule has 0 radical (unpaired) electrons. The van der Waals surface area contributed by atoms with Crippen LogP contribution in [-0.2, 0) is 13.2 Å². The third-order valence-corrected chi connectivity index (χ3v) is 5.64. The molecular weight excluding hydrogens is 360 g/mol. The minimum atomic E-state index is -0.0679. The lowest BCUT2D eigenvalue weighted by molar-refractivity contribution is 0.106. The van der Waals surface area contributed by atoms with E-state index in [1.54, 1.807) is 10.6 Å². The van der Waals surface area contributed by atoms with Gasteiger partial charge in [0.25, 0.3) is 5.56 Å². The Kier molecular flexibility index (Phi) is 4.94. The van der Waals surface area contributed by atoms with Crippen LogP contribution in [0.1, 0.15) is 6.92 Å². The highest BCUT2D eigenvalue weighted by atomic mass is 32.1. The second-order valence-electron chi connectivity index (χ2n) is 6.83. The van der Waals surface area contributed by atoms with Gasteiger partial charge in [-0.2, -0.15) is 0 Å². The van der Waals surface area contributed by atoms with Gasteiger partial charge >= 0.3 is 0 Å². The normalized spacial score (nSPS) is 16.3. The topological polar surface area (TPSA) is 50.7 Å². The van der Waals surface area contributed by atoms with Crippen LogP contribution in [0.2, 0.25) is 0 Å². The van der Waals surface area contributed by atoms with Gasteiger partial charge in [0.2, 0.25) is 10.5 Å². The van der Waals surface area contributed by atoms with Crippen LogP contribution < -0.4 is 5.56 Å². The second kappa shape index (κ2) is 7.38. The summed E-state index contributed by atoms with van der Waals surface area (Å²) in [5.74, 6) is 0.566. The zero-order valence-electron chi connectivity index (χ0n) is 15.5. The number of para-hydroxylation sites is 1. The van der Waals surface area contributed by atoms with Gasteiger partial charge in [-0.05, 0) is 30.9 Å². The van der Waals surface area contributed by atoms with E-state index >= 15 is 0 Å². The molecule has 0 N–H and O–H groups in total. The minimum Gasteiger partial charge on any atom is -0.301 e. The van der Waals surface area contributed by atoms with Crippen LogP contribution in [0.3, 0.4) is 0 Å². The Morgan fingerprint density at radius 1 is 1.19 bits per heavy atom. The quantitative estimate of drug-likeness (QED) is 0.497. The molecule has 1 aliphatic heterocycles. The van der Waals surface area contributed by atoms with Gasteiger partial charge in [0, 0.05) is 32.7 Å². The van der Waals surface area contributed by atoms with E-state index in [-0.39, 0.29) is 5.56 Å². The lowest BCUT2D eigenvalue weighted by Crippen LogP contribution is -2.46. The van der Waals surface area contributed by atoms with E-state index in [4.69, 9.17) is 17.3 Å². The first-order chi connectivity index (χ1) is 13.1. The SMILES string of the molecule is C=CCn1c(=O)c2ccccc2n2c(=S)n(CN3CCN(CC)CC3)nc12. The summed E-state index contributed by atoms with van der Waals surface area (Å²) in [5.41, 5.74) is 0.728. The van der Waals surface area contributed by atoms with Gasteiger partial charge in [-0.3, -0.25) is 18.7 Å². The second-order valence-corrected chi connectivity index (χ2v) is 7.20. The fraction of sp³-hybridized carbons (Fsp3) is 0.421. The standard InChI is InChI=1S/C19H24N6OS/c1-3-9-23-17(26)15-7-5-6-8-16(15)25-18(23)20-24(19(25)27)14-22-12-10-21(4-2)11-13-22/h3,5-8H,1,4,9-14H2,2H3. The average molecular weight is 385 g/mol. The van der Waals surface area contributed by atoms with E-state index in [9.17, 15) is 4.79 Å². The molecule has 27 heavy (non-hydrogen) atoms. The molecule has 3 heterocycles. The molecule has 0 aliphatic carbocycles. The highest BCUT2D eigenvalue weighted by Gasteiger charge is 2.19. The van der Waals surface area contributed by atoms with E-state index in [2.05, 4.69) is 23.3 Å². The maximum Gasteiger partial charge on any atom is 0.263 e. The van der Waals surface area contributed by atoms with Gasteiger partial charge in [-0.1, -0.05) is 25.1 Å². The molecule has 1 fully saturated rings. The van der Waals surface area contributed by atoms with Crippen molar-refractivity contribution in [2.24, 2.45) is 0 Å². The number of aromatic nitrogens is 4. The summed E-state index contributed by atoms with van der Waals surface area (Å²) in [5, 5.41) is 5.35. The van der Waals surface area contributed by atoms with E-state index in [1.165, 1.54) is 0 Å². The van der Waals surface area contributed by atoms with Crippen molar-refractivity contribution in [3.05, 3.63) is 52.0 Å². The van der Waals surface area contributed by atoms with Crippen LogP contribution in [0.15, 0.2) is 41.7 Å². The zero-order valence-corrected chi connectivity index (χ0v) is 16.4. The first kappa shape index (κ1) is 18.1. The number of likely N-dealkylation sites (N-methyl/N-ethyl adjacent to an activating group) is 1. The van der Waals surface area contributed by atoms with Crippen molar-refractivity contribution in [2.75, 3.05) is 32.7 Å².